The van der Waals surface area contributed by atoms with Crippen molar-refractivity contribution >= 4 is 11.3 Å². The van der Waals surface area contributed by atoms with Gasteiger partial charge in [0.15, 0.2) is 0 Å². The molecule has 0 saturated heterocycles. The topological polar surface area (TPSA) is 47.0 Å². The summed E-state index contributed by atoms with van der Waals surface area (Å²) >= 11 is 1.70. The third kappa shape index (κ3) is 2.81. The second-order valence-corrected chi connectivity index (χ2v) is 4.41. The lowest BCUT2D eigenvalue weighted by atomic mass is 10.1. The van der Waals surface area contributed by atoms with Crippen molar-refractivity contribution in [1.82, 2.24) is 15.3 Å². The Morgan fingerprint density at radius 1 is 1.41 bits per heavy atom. The van der Waals surface area contributed by atoms with Gasteiger partial charge in [-0.25, -0.2) is 4.98 Å². The molecule has 17 heavy (non-hydrogen) atoms. The monoisotopic (exact) mass is 249 g/mol. The van der Waals surface area contributed by atoms with Crippen molar-refractivity contribution in [2.45, 2.75) is 12.5 Å². The van der Waals surface area contributed by atoms with Gasteiger partial charge in [-0.15, -0.1) is 0 Å². The van der Waals surface area contributed by atoms with E-state index in [0.29, 0.717) is 5.88 Å². The van der Waals surface area contributed by atoms with E-state index in [4.69, 9.17) is 4.74 Å². The van der Waals surface area contributed by atoms with Crippen LogP contribution in [0, 0.1) is 0 Å². The minimum absolute atomic E-state index is 0.119. The summed E-state index contributed by atoms with van der Waals surface area (Å²) in [5, 5.41) is 7.48. The highest BCUT2D eigenvalue weighted by Gasteiger charge is 2.17. The molecule has 5 heteroatoms. The van der Waals surface area contributed by atoms with Crippen molar-refractivity contribution in [2.24, 2.45) is 0 Å². The third-order valence-corrected chi connectivity index (χ3v) is 3.32. The summed E-state index contributed by atoms with van der Waals surface area (Å²) < 4.78 is 5.24. The second kappa shape index (κ2) is 5.75. The van der Waals surface area contributed by atoms with E-state index in [0.717, 1.165) is 12.1 Å². The molecule has 0 aromatic carbocycles. The predicted molar refractivity (Wildman–Crippen MR) is 68.4 cm³/mol. The normalized spacial score (nSPS) is 12.4. The maximum absolute atomic E-state index is 5.24. The van der Waals surface area contributed by atoms with Crippen LogP contribution in [0.4, 0.5) is 0 Å². The highest BCUT2D eigenvalue weighted by molar-refractivity contribution is 7.07. The van der Waals surface area contributed by atoms with Gasteiger partial charge in [0.1, 0.15) is 5.69 Å². The molecule has 2 rings (SSSR count). The molecule has 0 spiro atoms. The van der Waals surface area contributed by atoms with Crippen LogP contribution in [0.2, 0.25) is 0 Å². The van der Waals surface area contributed by atoms with Crippen LogP contribution in [0.15, 0.2) is 29.2 Å². The summed E-state index contributed by atoms with van der Waals surface area (Å²) in [5.74, 6) is 0.585. The van der Waals surface area contributed by atoms with E-state index in [-0.39, 0.29) is 6.04 Å². The summed E-state index contributed by atoms with van der Waals surface area (Å²) in [4.78, 5) is 8.53. The van der Waals surface area contributed by atoms with Crippen LogP contribution in [0.3, 0.4) is 0 Å². The van der Waals surface area contributed by atoms with Gasteiger partial charge in [0.2, 0.25) is 5.88 Å². The van der Waals surface area contributed by atoms with Crippen molar-refractivity contribution in [1.29, 1.82) is 0 Å². The summed E-state index contributed by atoms with van der Waals surface area (Å²) in [6.07, 6.45) is 4.21. The molecular formula is C12H15N3OS. The molecule has 0 fully saturated rings. The van der Waals surface area contributed by atoms with Gasteiger partial charge in [-0.05, 0) is 35.9 Å². The Morgan fingerprint density at radius 2 is 2.24 bits per heavy atom. The molecule has 2 heterocycles. The van der Waals surface area contributed by atoms with Crippen molar-refractivity contribution in [3.8, 4) is 5.88 Å². The first-order valence-electron chi connectivity index (χ1n) is 5.38. The van der Waals surface area contributed by atoms with Crippen LogP contribution in [0.5, 0.6) is 5.88 Å². The third-order valence-electron chi connectivity index (χ3n) is 2.58. The Morgan fingerprint density at radius 3 is 2.88 bits per heavy atom. The fourth-order valence-corrected chi connectivity index (χ4v) is 2.39. The first-order valence-corrected chi connectivity index (χ1v) is 6.32. The van der Waals surface area contributed by atoms with Gasteiger partial charge in [-0.3, -0.25) is 4.98 Å². The molecule has 1 unspecified atom stereocenters. The largest absolute Gasteiger partial charge is 0.480 e. The van der Waals surface area contributed by atoms with Crippen molar-refractivity contribution in [2.75, 3.05) is 14.2 Å². The summed E-state index contributed by atoms with van der Waals surface area (Å²) in [7, 11) is 3.54. The van der Waals surface area contributed by atoms with E-state index < -0.39 is 0 Å². The maximum atomic E-state index is 5.24. The van der Waals surface area contributed by atoms with E-state index in [2.05, 4.69) is 32.1 Å². The molecule has 90 valence electrons. The molecule has 2 aromatic heterocycles. The molecule has 0 saturated carbocycles. The SMILES string of the molecule is CNC(Cc1ccsc1)c1nccnc1OC. The van der Waals surface area contributed by atoms with Crippen LogP contribution in [0.25, 0.3) is 0 Å². The predicted octanol–water partition coefficient (Wildman–Crippen LogP) is 2.05. The first kappa shape index (κ1) is 12.0. The Hall–Kier alpha value is -1.46. The van der Waals surface area contributed by atoms with Crippen molar-refractivity contribution in [3.63, 3.8) is 0 Å². The van der Waals surface area contributed by atoms with Gasteiger partial charge in [0, 0.05) is 12.4 Å². The first-order chi connectivity index (χ1) is 8.35. The average molecular weight is 249 g/mol. The summed E-state index contributed by atoms with van der Waals surface area (Å²) in [6.45, 7) is 0. The highest BCUT2D eigenvalue weighted by atomic mass is 32.1. The number of hydrogen-bond donors (Lipinski definition) is 1. The molecule has 0 amide bonds. The van der Waals surface area contributed by atoms with Gasteiger partial charge in [0.05, 0.1) is 13.2 Å². The number of aromatic nitrogens is 2. The Bertz CT molecular complexity index is 459. The zero-order valence-electron chi connectivity index (χ0n) is 9.88. The number of ether oxygens (including phenoxy) is 1. The van der Waals surface area contributed by atoms with E-state index in [1.807, 2.05) is 7.05 Å². The highest BCUT2D eigenvalue weighted by Crippen LogP contribution is 2.23. The Labute approximate surface area is 105 Å². The maximum Gasteiger partial charge on any atom is 0.237 e. The molecule has 1 N–H and O–H groups in total. The minimum atomic E-state index is 0.119. The second-order valence-electron chi connectivity index (χ2n) is 3.63. The van der Waals surface area contributed by atoms with E-state index in [1.54, 1.807) is 30.8 Å². The lowest BCUT2D eigenvalue weighted by Crippen LogP contribution is -2.21. The number of likely N-dealkylation sites (N-methyl/N-ethyl adjacent to an activating group) is 1. The van der Waals surface area contributed by atoms with Gasteiger partial charge in [-0.1, -0.05) is 0 Å². The Kier molecular flexibility index (Phi) is 4.06. The van der Waals surface area contributed by atoms with E-state index in [1.165, 1.54) is 5.56 Å². The van der Waals surface area contributed by atoms with Gasteiger partial charge < -0.3 is 10.1 Å². The van der Waals surface area contributed by atoms with Crippen LogP contribution in [-0.4, -0.2) is 24.1 Å². The number of rotatable bonds is 5. The number of thiophene rings is 1. The van der Waals surface area contributed by atoms with Crippen LogP contribution < -0.4 is 10.1 Å². The fourth-order valence-electron chi connectivity index (χ4n) is 1.71. The number of nitrogens with one attached hydrogen (secondary N) is 1. The zero-order chi connectivity index (χ0) is 12.1. The molecular weight excluding hydrogens is 234 g/mol. The smallest absolute Gasteiger partial charge is 0.237 e. The molecule has 0 aliphatic carbocycles. The Balaban J connectivity index is 2.22. The summed E-state index contributed by atoms with van der Waals surface area (Å²) in [5.41, 5.74) is 2.14. The quantitative estimate of drug-likeness (QED) is 0.881. The molecule has 0 aliphatic rings. The number of methoxy groups -OCH3 is 1. The molecule has 2 aromatic rings. The van der Waals surface area contributed by atoms with Gasteiger partial charge in [-0.2, -0.15) is 11.3 Å². The standard InChI is InChI=1S/C12H15N3OS/c1-13-10(7-9-3-6-17-8-9)11-12(16-2)15-5-4-14-11/h3-6,8,10,13H,7H2,1-2H3. The van der Waals surface area contributed by atoms with Crippen LogP contribution >= 0.6 is 11.3 Å². The minimum Gasteiger partial charge on any atom is -0.480 e. The number of nitrogens with zero attached hydrogens (tertiary/aromatic N) is 2. The van der Waals surface area contributed by atoms with Gasteiger partial charge in [0.25, 0.3) is 0 Å². The molecule has 1 atom stereocenters. The van der Waals surface area contributed by atoms with Crippen molar-refractivity contribution in [3.05, 3.63) is 40.5 Å². The van der Waals surface area contributed by atoms with Crippen molar-refractivity contribution < 1.29 is 4.74 Å². The molecule has 0 radical (unpaired) electrons. The summed E-state index contributed by atoms with van der Waals surface area (Å²) in [6, 6.07) is 2.24. The molecule has 0 bridgehead atoms. The molecule has 0 aliphatic heterocycles. The lowest BCUT2D eigenvalue weighted by molar-refractivity contribution is 0.379. The van der Waals surface area contributed by atoms with Crippen LogP contribution in [-0.2, 0) is 6.42 Å². The number of hydrogen-bond acceptors (Lipinski definition) is 5. The van der Waals surface area contributed by atoms with Gasteiger partial charge >= 0.3 is 0 Å². The van der Waals surface area contributed by atoms with E-state index >= 15 is 0 Å². The fraction of sp³-hybridized carbons (Fsp3) is 0.333. The molecule has 4 nitrogen and oxygen atoms in total. The zero-order valence-corrected chi connectivity index (χ0v) is 10.7. The van der Waals surface area contributed by atoms with Crippen LogP contribution in [0.1, 0.15) is 17.3 Å². The average Bonchev–Trinajstić information content (AvgIpc) is 2.89. The van der Waals surface area contributed by atoms with E-state index in [9.17, 15) is 0 Å². The lowest BCUT2D eigenvalue weighted by Gasteiger charge is -2.16.